The molecule has 0 aliphatic carbocycles. The van der Waals surface area contributed by atoms with Crippen molar-refractivity contribution in [1.29, 1.82) is 0 Å². The minimum atomic E-state index is -0.592. The number of amides is 3. The molecule has 0 bridgehead atoms. The lowest BCUT2D eigenvalue weighted by molar-refractivity contribution is -0.386. The number of hydrogen-bond acceptors (Lipinski definition) is 8. The summed E-state index contributed by atoms with van der Waals surface area (Å²) in [5, 5.41) is 23.9. The molecule has 2 N–H and O–H groups in total. The molecule has 0 unspecified atom stereocenters. The Kier molecular flexibility index (Phi) is 12.6. The zero-order chi connectivity index (χ0) is 38.1. The van der Waals surface area contributed by atoms with E-state index in [-0.39, 0.29) is 23.2 Å². The maximum Gasteiger partial charge on any atom is 0.419 e. The second-order valence-electron chi connectivity index (χ2n) is 14.4. The van der Waals surface area contributed by atoms with Gasteiger partial charge in [0.1, 0.15) is 5.60 Å². The molecule has 1 aromatic heterocycles. The summed E-state index contributed by atoms with van der Waals surface area (Å²) in [7, 11) is 1.75. The summed E-state index contributed by atoms with van der Waals surface area (Å²) in [6.45, 7) is 8.28. The number of carbonyl (C=O) groups is 2. The molecule has 0 atom stereocenters. The lowest BCUT2D eigenvalue weighted by atomic mass is 9.88. The lowest BCUT2D eigenvalue weighted by Gasteiger charge is -2.32. The Morgan fingerprint density at radius 1 is 0.981 bits per heavy atom. The van der Waals surface area contributed by atoms with Crippen molar-refractivity contribution in [2.24, 2.45) is 7.05 Å². The summed E-state index contributed by atoms with van der Waals surface area (Å²) in [5.41, 5.74) is 4.26. The second-order valence-corrected chi connectivity index (χ2v) is 14.4. The summed E-state index contributed by atoms with van der Waals surface area (Å²) < 4.78 is 12.2. The molecule has 4 aromatic rings. The van der Waals surface area contributed by atoms with E-state index in [4.69, 9.17) is 9.15 Å². The van der Waals surface area contributed by atoms with Crippen molar-refractivity contribution in [1.82, 2.24) is 19.7 Å². The van der Waals surface area contributed by atoms with Gasteiger partial charge in [0, 0.05) is 39.8 Å². The quantitative estimate of drug-likeness (QED) is 0.108. The molecular formula is C40H49N5O8. The zero-order valence-electron chi connectivity index (χ0n) is 30.9. The van der Waals surface area contributed by atoms with Crippen LogP contribution in [0.1, 0.15) is 75.5 Å². The number of benzene rings is 3. The molecule has 0 saturated carbocycles. The number of likely N-dealkylation sites (tertiary alicyclic amines) is 1. The lowest BCUT2D eigenvalue weighted by Crippen LogP contribution is -2.44. The van der Waals surface area contributed by atoms with Crippen LogP contribution in [-0.4, -0.2) is 74.8 Å². The molecule has 13 nitrogen and oxygen atoms in total. The maximum atomic E-state index is 12.5. The van der Waals surface area contributed by atoms with Gasteiger partial charge < -0.3 is 29.4 Å². The average Bonchev–Trinajstić information content (AvgIpc) is 3.43. The minimum absolute atomic E-state index is 0.0297. The van der Waals surface area contributed by atoms with E-state index in [0.717, 1.165) is 61.8 Å². The van der Waals surface area contributed by atoms with Gasteiger partial charge in [0.2, 0.25) is 0 Å². The van der Waals surface area contributed by atoms with Crippen LogP contribution in [0.3, 0.4) is 0 Å². The first-order valence-electron chi connectivity index (χ1n) is 18.1. The van der Waals surface area contributed by atoms with Crippen LogP contribution < -0.4 is 11.1 Å². The van der Waals surface area contributed by atoms with Gasteiger partial charge in [-0.2, -0.15) is 0 Å². The van der Waals surface area contributed by atoms with Gasteiger partial charge in [0.25, 0.3) is 0 Å². The van der Waals surface area contributed by atoms with Gasteiger partial charge in [0.15, 0.2) is 11.3 Å². The van der Waals surface area contributed by atoms with Crippen LogP contribution >= 0.6 is 0 Å². The minimum Gasteiger partial charge on any atom is -0.502 e. The van der Waals surface area contributed by atoms with E-state index >= 15 is 0 Å². The largest absolute Gasteiger partial charge is 0.502 e. The van der Waals surface area contributed by atoms with E-state index in [2.05, 4.69) is 35.6 Å². The summed E-state index contributed by atoms with van der Waals surface area (Å²) in [6, 6.07) is 20.8. The molecule has 0 radical (unpaired) electrons. The van der Waals surface area contributed by atoms with E-state index in [0.29, 0.717) is 43.1 Å². The third kappa shape index (κ3) is 10.1. The Bertz CT molecular complexity index is 1990. The van der Waals surface area contributed by atoms with Gasteiger partial charge in [0.05, 0.1) is 16.0 Å². The van der Waals surface area contributed by atoms with Crippen LogP contribution in [0.15, 0.2) is 82.0 Å². The number of hydrogen-bond donors (Lipinski definition) is 2. The molecule has 3 aromatic carbocycles. The number of phenols is 1. The van der Waals surface area contributed by atoms with Crippen LogP contribution in [0.25, 0.3) is 16.7 Å². The maximum absolute atomic E-state index is 12.5. The van der Waals surface area contributed by atoms with E-state index in [1.165, 1.54) is 11.6 Å². The van der Waals surface area contributed by atoms with Gasteiger partial charge in [-0.15, -0.1) is 0 Å². The fourth-order valence-corrected chi connectivity index (χ4v) is 6.75. The Hall–Kier alpha value is -5.59. The van der Waals surface area contributed by atoms with Crippen LogP contribution in [0.5, 0.6) is 5.75 Å². The Morgan fingerprint density at radius 3 is 2.36 bits per heavy atom. The number of carbonyl (C=O) groups excluding carboxylic acids is 2. The molecular weight excluding hydrogens is 678 g/mol. The van der Waals surface area contributed by atoms with Gasteiger partial charge in [-0.25, -0.2) is 14.4 Å². The number of aromatic nitrogens is 1. The number of oxazole rings is 1. The molecule has 53 heavy (non-hydrogen) atoms. The number of aryl methyl sites for hydroxylation is 2. The summed E-state index contributed by atoms with van der Waals surface area (Å²) >= 11 is 0. The molecule has 3 heterocycles. The van der Waals surface area contributed by atoms with Gasteiger partial charge in [-0.05, 0) is 100 Å². The van der Waals surface area contributed by atoms with Crippen molar-refractivity contribution in [3.63, 3.8) is 0 Å². The number of rotatable bonds is 8. The highest BCUT2D eigenvalue weighted by molar-refractivity contribution is 5.79. The number of nitrogens with zero attached hydrogens (tertiary/aromatic N) is 4. The summed E-state index contributed by atoms with van der Waals surface area (Å²) in [6.07, 6.45) is 6.69. The van der Waals surface area contributed by atoms with Crippen molar-refractivity contribution in [2.75, 3.05) is 32.7 Å². The monoisotopic (exact) mass is 727 g/mol. The first-order chi connectivity index (χ1) is 25.3. The van der Waals surface area contributed by atoms with Crippen molar-refractivity contribution < 1.29 is 28.8 Å². The number of aromatic hydroxyl groups is 1. The standard InChI is InChI=1S/C24H29N3O3.C16H20N2O5/c1-26-22-20(11-7-12-21(22)30-24(26)29)19-13-16-27(17-14-19)23(28)25-15-6-5-10-18-8-3-2-4-9-18;1-16(2,3)23-15(20)17-9-7-11(8-10-17)12-5-4-6-13(19)14(12)18(21)22/h2-4,7-9,11-12,19H,5-6,10,13-17H2,1H3,(H,25,28);4-7,19H,8-10H2,1-3H3. The first-order valence-corrected chi connectivity index (χ1v) is 18.1. The van der Waals surface area contributed by atoms with Crippen molar-refractivity contribution >= 4 is 34.5 Å². The Morgan fingerprint density at radius 2 is 1.70 bits per heavy atom. The molecule has 6 rings (SSSR count). The normalized spacial score (nSPS) is 15.0. The van der Waals surface area contributed by atoms with Gasteiger partial charge in [-0.1, -0.05) is 54.6 Å². The van der Waals surface area contributed by atoms with Crippen LogP contribution in [-0.2, 0) is 18.2 Å². The number of piperidine rings is 1. The second kappa shape index (κ2) is 17.3. The fraction of sp³-hybridized carbons (Fsp3) is 0.425. The van der Waals surface area contributed by atoms with Crippen molar-refractivity contribution in [2.45, 2.75) is 70.8 Å². The molecule has 13 heteroatoms. The van der Waals surface area contributed by atoms with Crippen LogP contribution in [0.2, 0.25) is 0 Å². The number of nitrogens with one attached hydrogen (secondary N) is 1. The number of unbranched alkanes of at least 4 members (excludes halogenated alkanes) is 1. The average molecular weight is 728 g/mol. The number of nitro benzene ring substituents is 1. The Labute approximate surface area is 309 Å². The van der Waals surface area contributed by atoms with Crippen molar-refractivity contribution in [3.8, 4) is 5.75 Å². The van der Waals surface area contributed by atoms with Gasteiger partial charge >= 0.3 is 23.6 Å². The molecule has 2 aliphatic heterocycles. The fourth-order valence-electron chi connectivity index (χ4n) is 6.75. The first kappa shape index (κ1) is 38.6. The molecule has 0 spiro atoms. The number of para-hydroxylation sites is 2. The van der Waals surface area contributed by atoms with Crippen LogP contribution in [0, 0.1) is 10.1 Å². The van der Waals surface area contributed by atoms with E-state index in [1.54, 1.807) is 55.5 Å². The van der Waals surface area contributed by atoms with Gasteiger partial charge in [-0.3, -0.25) is 14.7 Å². The van der Waals surface area contributed by atoms with Crippen LogP contribution in [0.4, 0.5) is 15.3 Å². The molecule has 1 saturated heterocycles. The number of nitro groups is 1. The summed E-state index contributed by atoms with van der Waals surface area (Å²) in [4.78, 5) is 50.4. The number of urea groups is 1. The predicted molar refractivity (Wildman–Crippen MR) is 203 cm³/mol. The third-order valence-corrected chi connectivity index (χ3v) is 9.47. The summed E-state index contributed by atoms with van der Waals surface area (Å²) in [5.74, 6) is -0.365. The zero-order valence-corrected chi connectivity index (χ0v) is 30.9. The van der Waals surface area contributed by atoms with Crippen molar-refractivity contribution in [3.05, 3.63) is 110 Å². The molecule has 2 aliphatic rings. The highest BCUT2D eigenvalue weighted by Gasteiger charge is 2.28. The van der Waals surface area contributed by atoms with E-state index in [9.17, 15) is 29.6 Å². The number of fused-ring (bicyclic) bond motifs is 1. The predicted octanol–water partition coefficient (Wildman–Crippen LogP) is 7.37. The third-order valence-electron chi connectivity index (χ3n) is 9.47. The number of phenolic OH excluding ortho intramolecular Hbond substituents is 1. The topological polar surface area (TPSA) is 160 Å². The number of ether oxygens (including phenoxy) is 1. The SMILES string of the molecule is CC(C)(C)OC(=O)N1CC=C(c2cccc(O)c2[N+](=O)[O-])CC1.Cn1c(=O)oc2cccc(C3CCN(C(=O)NCCCCc4ccccc4)CC3)c21. The highest BCUT2D eigenvalue weighted by atomic mass is 16.6. The molecule has 282 valence electrons. The molecule has 1 fully saturated rings. The Balaban J connectivity index is 0.000000212. The van der Waals surface area contributed by atoms with E-state index < -0.39 is 16.6 Å². The van der Waals surface area contributed by atoms with E-state index in [1.807, 2.05) is 23.1 Å². The molecule has 3 amide bonds. The smallest absolute Gasteiger partial charge is 0.419 e. The highest BCUT2D eigenvalue weighted by Crippen LogP contribution is 2.37.